The molecule has 23 heavy (non-hydrogen) atoms. The summed E-state index contributed by atoms with van der Waals surface area (Å²) in [6, 6.07) is 7.29. The van der Waals surface area contributed by atoms with Gasteiger partial charge >= 0.3 is 0 Å². The number of aryl methyl sites for hydroxylation is 1. The van der Waals surface area contributed by atoms with Crippen molar-refractivity contribution in [2.75, 3.05) is 13.7 Å². The van der Waals surface area contributed by atoms with Crippen molar-refractivity contribution in [2.45, 2.75) is 39.3 Å². The van der Waals surface area contributed by atoms with Gasteiger partial charge in [0.15, 0.2) is 0 Å². The molecule has 0 unspecified atom stereocenters. The van der Waals surface area contributed by atoms with Crippen molar-refractivity contribution in [3.05, 3.63) is 40.4 Å². The van der Waals surface area contributed by atoms with Crippen molar-refractivity contribution in [1.29, 1.82) is 0 Å². The quantitative estimate of drug-likeness (QED) is 0.842. The van der Waals surface area contributed by atoms with E-state index >= 15 is 0 Å². The average Bonchev–Trinajstić information content (AvgIpc) is 2.50. The van der Waals surface area contributed by atoms with E-state index in [9.17, 15) is 9.59 Å². The van der Waals surface area contributed by atoms with Gasteiger partial charge in [-0.05, 0) is 32.4 Å². The van der Waals surface area contributed by atoms with Crippen LogP contribution < -0.4 is 10.9 Å². The zero-order valence-electron chi connectivity index (χ0n) is 13.8. The molecule has 1 heterocycles. The number of nitrogens with zero attached hydrogens (tertiary/aromatic N) is 2. The summed E-state index contributed by atoms with van der Waals surface area (Å²) in [5, 5.41) is 3.47. The molecule has 124 valence electrons. The Labute approximate surface area is 135 Å². The van der Waals surface area contributed by atoms with Crippen molar-refractivity contribution >= 4 is 16.8 Å². The number of ether oxygens (including phenoxy) is 1. The van der Waals surface area contributed by atoms with Gasteiger partial charge in [-0.15, -0.1) is 0 Å². The number of para-hydroxylation sites is 1. The minimum atomic E-state index is -0.0544. The van der Waals surface area contributed by atoms with Crippen LogP contribution in [0, 0.1) is 6.92 Å². The molecule has 0 bridgehead atoms. The maximum atomic E-state index is 12.5. The maximum Gasteiger partial charge on any atom is 0.261 e. The highest BCUT2D eigenvalue weighted by atomic mass is 16.5. The second-order valence-electron chi connectivity index (χ2n) is 5.66. The smallest absolute Gasteiger partial charge is 0.261 e. The number of fused-ring (bicyclic) bond motifs is 1. The van der Waals surface area contributed by atoms with Crippen molar-refractivity contribution in [3.8, 4) is 0 Å². The average molecular weight is 317 g/mol. The Balaban J connectivity index is 2.00. The maximum absolute atomic E-state index is 12.5. The molecule has 0 saturated heterocycles. The molecule has 0 aliphatic rings. The number of amides is 1. The SMILES string of the molecule is COC[C@H](C)NC(=O)CCCn1c(C)nc2ccccc2c1=O. The molecule has 0 spiro atoms. The van der Waals surface area contributed by atoms with Crippen LogP contribution in [0.2, 0.25) is 0 Å². The molecule has 6 nitrogen and oxygen atoms in total. The van der Waals surface area contributed by atoms with Gasteiger partial charge in [-0.2, -0.15) is 0 Å². The standard InChI is InChI=1S/C17H23N3O3/c1-12(11-23-3)18-16(21)9-6-10-20-13(2)19-15-8-5-4-7-14(15)17(20)22/h4-5,7-8,12H,6,9-11H2,1-3H3,(H,18,21)/t12-/m0/s1. The summed E-state index contributed by atoms with van der Waals surface area (Å²) in [5.74, 6) is 0.635. The zero-order chi connectivity index (χ0) is 16.8. The molecule has 2 aromatic rings. The lowest BCUT2D eigenvalue weighted by Crippen LogP contribution is -2.35. The normalized spacial score (nSPS) is 12.3. The first-order valence-corrected chi connectivity index (χ1v) is 7.77. The summed E-state index contributed by atoms with van der Waals surface area (Å²) in [4.78, 5) is 28.8. The van der Waals surface area contributed by atoms with Gasteiger partial charge in [-0.3, -0.25) is 14.2 Å². The molecule has 1 aromatic heterocycles. The number of carbonyl (C=O) groups is 1. The summed E-state index contributed by atoms with van der Waals surface area (Å²) in [5.41, 5.74) is 0.652. The number of aromatic nitrogens is 2. The van der Waals surface area contributed by atoms with E-state index in [1.54, 1.807) is 17.7 Å². The highest BCUT2D eigenvalue weighted by molar-refractivity contribution is 5.77. The topological polar surface area (TPSA) is 73.2 Å². The molecule has 0 aliphatic heterocycles. The van der Waals surface area contributed by atoms with E-state index in [4.69, 9.17) is 4.74 Å². The third-order valence-corrected chi connectivity index (χ3v) is 3.66. The fourth-order valence-electron chi connectivity index (χ4n) is 2.58. The minimum absolute atomic E-state index is 0.0145. The fourth-order valence-corrected chi connectivity index (χ4v) is 2.58. The first kappa shape index (κ1) is 17.1. The van der Waals surface area contributed by atoms with Crippen LogP contribution >= 0.6 is 0 Å². The molecular weight excluding hydrogens is 294 g/mol. The van der Waals surface area contributed by atoms with Gasteiger partial charge in [-0.25, -0.2) is 4.98 Å². The minimum Gasteiger partial charge on any atom is -0.383 e. The van der Waals surface area contributed by atoms with Gasteiger partial charge in [0.05, 0.1) is 17.5 Å². The van der Waals surface area contributed by atoms with Gasteiger partial charge in [0.25, 0.3) is 5.56 Å². The van der Waals surface area contributed by atoms with Crippen LogP contribution in [0.3, 0.4) is 0 Å². The Hall–Kier alpha value is -2.21. The number of nitrogens with one attached hydrogen (secondary N) is 1. The number of rotatable bonds is 7. The molecule has 0 saturated carbocycles. The zero-order valence-corrected chi connectivity index (χ0v) is 13.8. The lowest BCUT2D eigenvalue weighted by atomic mass is 10.2. The monoisotopic (exact) mass is 317 g/mol. The van der Waals surface area contributed by atoms with Gasteiger partial charge in [0, 0.05) is 26.1 Å². The Morgan fingerprint density at radius 1 is 1.39 bits per heavy atom. The first-order chi connectivity index (χ1) is 11.0. The largest absolute Gasteiger partial charge is 0.383 e. The fraction of sp³-hybridized carbons (Fsp3) is 0.471. The lowest BCUT2D eigenvalue weighted by molar-refractivity contribution is -0.122. The molecule has 0 radical (unpaired) electrons. The lowest BCUT2D eigenvalue weighted by Gasteiger charge is -2.13. The van der Waals surface area contributed by atoms with Crippen LogP contribution in [-0.2, 0) is 16.1 Å². The van der Waals surface area contributed by atoms with E-state index in [1.807, 2.05) is 32.0 Å². The van der Waals surface area contributed by atoms with Crippen molar-refractivity contribution in [1.82, 2.24) is 14.9 Å². The molecular formula is C17H23N3O3. The van der Waals surface area contributed by atoms with Crippen LogP contribution in [0.25, 0.3) is 10.9 Å². The van der Waals surface area contributed by atoms with E-state index < -0.39 is 0 Å². The number of methoxy groups -OCH3 is 1. The van der Waals surface area contributed by atoms with E-state index in [2.05, 4.69) is 10.3 Å². The van der Waals surface area contributed by atoms with Gasteiger partial charge in [0.1, 0.15) is 5.82 Å². The van der Waals surface area contributed by atoms with E-state index in [0.29, 0.717) is 42.7 Å². The summed E-state index contributed by atoms with van der Waals surface area (Å²) in [6.07, 6.45) is 0.957. The highest BCUT2D eigenvalue weighted by Gasteiger charge is 2.10. The molecule has 1 amide bonds. The summed E-state index contributed by atoms with van der Waals surface area (Å²) < 4.78 is 6.62. The van der Waals surface area contributed by atoms with Crippen LogP contribution in [0.15, 0.2) is 29.1 Å². The second-order valence-corrected chi connectivity index (χ2v) is 5.66. The molecule has 0 fully saturated rings. The Morgan fingerprint density at radius 2 is 2.13 bits per heavy atom. The van der Waals surface area contributed by atoms with Crippen LogP contribution in [0.1, 0.15) is 25.6 Å². The first-order valence-electron chi connectivity index (χ1n) is 7.77. The van der Waals surface area contributed by atoms with Gasteiger partial charge in [0.2, 0.25) is 5.91 Å². The third kappa shape index (κ3) is 4.39. The van der Waals surface area contributed by atoms with Crippen molar-refractivity contribution < 1.29 is 9.53 Å². The Morgan fingerprint density at radius 3 is 2.87 bits per heavy atom. The van der Waals surface area contributed by atoms with Gasteiger partial charge in [-0.1, -0.05) is 12.1 Å². The number of carbonyl (C=O) groups excluding carboxylic acids is 1. The van der Waals surface area contributed by atoms with Crippen molar-refractivity contribution in [3.63, 3.8) is 0 Å². The van der Waals surface area contributed by atoms with Crippen molar-refractivity contribution in [2.24, 2.45) is 0 Å². The van der Waals surface area contributed by atoms with E-state index in [0.717, 1.165) is 0 Å². The molecule has 2 rings (SSSR count). The predicted octanol–water partition coefficient (Wildman–Crippen LogP) is 1.64. The van der Waals surface area contributed by atoms with Crippen LogP contribution in [0.4, 0.5) is 0 Å². The van der Waals surface area contributed by atoms with Gasteiger partial charge < -0.3 is 10.1 Å². The number of benzene rings is 1. The number of hydrogen-bond acceptors (Lipinski definition) is 4. The highest BCUT2D eigenvalue weighted by Crippen LogP contribution is 2.08. The number of hydrogen-bond donors (Lipinski definition) is 1. The van der Waals surface area contributed by atoms with Crippen LogP contribution in [-0.4, -0.2) is 35.2 Å². The molecule has 0 aliphatic carbocycles. The molecule has 1 aromatic carbocycles. The molecule has 6 heteroatoms. The third-order valence-electron chi connectivity index (χ3n) is 3.66. The molecule has 1 atom stereocenters. The van der Waals surface area contributed by atoms with E-state index in [-0.39, 0.29) is 17.5 Å². The van der Waals surface area contributed by atoms with Crippen LogP contribution in [0.5, 0.6) is 0 Å². The second kappa shape index (κ2) is 7.87. The summed E-state index contributed by atoms with van der Waals surface area (Å²) in [7, 11) is 1.60. The Kier molecular flexibility index (Phi) is 5.87. The molecule has 1 N–H and O–H groups in total. The van der Waals surface area contributed by atoms with E-state index in [1.165, 1.54) is 0 Å². The summed E-state index contributed by atoms with van der Waals surface area (Å²) in [6.45, 7) is 4.67. The Bertz CT molecular complexity index is 739. The summed E-state index contributed by atoms with van der Waals surface area (Å²) >= 11 is 0. The predicted molar refractivity (Wildman–Crippen MR) is 89.5 cm³/mol.